The summed E-state index contributed by atoms with van der Waals surface area (Å²) in [6, 6.07) is 7.54. The highest BCUT2D eigenvalue weighted by Crippen LogP contribution is 2.18. The van der Waals surface area contributed by atoms with Gasteiger partial charge in [0.2, 0.25) is 11.6 Å². The van der Waals surface area contributed by atoms with Crippen LogP contribution in [0.1, 0.15) is 21.7 Å². The SMILES string of the molecule is CN1CCN(Cc2c(C(=O)N/N=C/c3cccc(Br)c3)nnn2-c2nonc2N)CC1. The smallest absolute Gasteiger partial charge is 0.293 e. The standard InChI is InChI=1S/C18H21BrN10O2/c1-27-5-7-28(8-6-27)11-14-15(22-26-29(14)17-16(20)24-31-25-17)18(30)23-21-10-12-3-2-4-13(19)9-12/h2-4,9-10H,5-8,11H2,1H3,(H2,20,24)(H,23,30)/b21-10+. The van der Waals surface area contributed by atoms with Crippen molar-refractivity contribution in [2.24, 2.45) is 5.10 Å². The summed E-state index contributed by atoms with van der Waals surface area (Å²) in [5.74, 6) is -0.242. The summed E-state index contributed by atoms with van der Waals surface area (Å²) in [5, 5.41) is 19.5. The van der Waals surface area contributed by atoms with Crippen LogP contribution < -0.4 is 11.2 Å². The van der Waals surface area contributed by atoms with E-state index in [4.69, 9.17) is 10.4 Å². The largest absolute Gasteiger partial charge is 0.378 e. The number of hydrogen-bond acceptors (Lipinski definition) is 10. The lowest BCUT2D eigenvalue weighted by Gasteiger charge is -2.32. The third-order valence-electron chi connectivity index (χ3n) is 4.87. The van der Waals surface area contributed by atoms with Crippen molar-refractivity contribution in [1.29, 1.82) is 0 Å². The van der Waals surface area contributed by atoms with E-state index in [0.29, 0.717) is 12.2 Å². The number of aromatic nitrogens is 5. The average Bonchev–Trinajstić information content (AvgIpc) is 3.35. The highest BCUT2D eigenvalue weighted by molar-refractivity contribution is 9.10. The molecule has 3 N–H and O–H groups in total. The van der Waals surface area contributed by atoms with Crippen molar-refractivity contribution in [1.82, 2.24) is 40.5 Å². The molecular formula is C18H21BrN10O2. The quantitative estimate of drug-likeness (QED) is 0.374. The molecule has 1 aliphatic heterocycles. The molecule has 12 nitrogen and oxygen atoms in total. The number of hydrogen-bond donors (Lipinski definition) is 2. The van der Waals surface area contributed by atoms with E-state index < -0.39 is 5.91 Å². The molecule has 1 aromatic carbocycles. The van der Waals surface area contributed by atoms with Gasteiger partial charge in [0.1, 0.15) is 0 Å². The number of amides is 1. The van der Waals surface area contributed by atoms with E-state index in [-0.39, 0.29) is 17.3 Å². The van der Waals surface area contributed by atoms with Crippen LogP contribution in [0.5, 0.6) is 0 Å². The van der Waals surface area contributed by atoms with Crippen molar-refractivity contribution in [3.63, 3.8) is 0 Å². The molecule has 1 fully saturated rings. The number of nitrogens with one attached hydrogen (secondary N) is 1. The van der Waals surface area contributed by atoms with Crippen molar-refractivity contribution in [2.75, 3.05) is 39.0 Å². The van der Waals surface area contributed by atoms with Crippen molar-refractivity contribution < 1.29 is 9.42 Å². The van der Waals surface area contributed by atoms with Crippen molar-refractivity contribution in [2.45, 2.75) is 6.54 Å². The number of nitrogens with two attached hydrogens (primary N) is 1. The van der Waals surface area contributed by atoms with Gasteiger partial charge in [-0.15, -0.1) is 5.10 Å². The maximum atomic E-state index is 12.8. The van der Waals surface area contributed by atoms with Gasteiger partial charge in [0.25, 0.3) is 5.91 Å². The summed E-state index contributed by atoms with van der Waals surface area (Å²) < 4.78 is 6.99. The van der Waals surface area contributed by atoms with Crippen molar-refractivity contribution in [3.05, 3.63) is 45.7 Å². The molecule has 1 saturated heterocycles. The predicted molar refractivity (Wildman–Crippen MR) is 116 cm³/mol. The first kappa shape index (κ1) is 21.1. The average molecular weight is 489 g/mol. The van der Waals surface area contributed by atoms with Crippen LogP contribution in [-0.2, 0) is 6.54 Å². The Hall–Kier alpha value is -3.16. The fraction of sp³-hybridized carbons (Fsp3) is 0.333. The number of likely N-dealkylation sites (N-methyl/N-ethyl adjacent to an activating group) is 1. The van der Waals surface area contributed by atoms with Gasteiger partial charge in [-0.25, -0.2) is 10.1 Å². The van der Waals surface area contributed by atoms with Gasteiger partial charge in [0.05, 0.1) is 11.9 Å². The van der Waals surface area contributed by atoms with Gasteiger partial charge in [-0.05, 0) is 35.1 Å². The minimum Gasteiger partial charge on any atom is -0.378 e. The number of carbonyl (C=O) groups excluding carboxylic acids is 1. The molecule has 162 valence electrons. The molecule has 2 aromatic heterocycles. The van der Waals surface area contributed by atoms with Crippen LogP contribution in [0.3, 0.4) is 0 Å². The zero-order valence-corrected chi connectivity index (χ0v) is 18.4. The second-order valence-electron chi connectivity index (χ2n) is 7.10. The van der Waals surface area contributed by atoms with Crippen LogP contribution in [0.25, 0.3) is 5.82 Å². The molecule has 0 aliphatic carbocycles. The number of nitrogens with zero attached hydrogens (tertiary/aromatic N) is 8. The maximum Gasteiger partial charge on any atom is 0.293 e. The molecule has 0 atom stereocenters. The highest BCUT2D eigenvalue weighted by Gasteiger charge is 2.26. The molecule has 0 bridgehead atoms. The van der Waals surface area contributed by atoms with Gasteiger partial charge in [0, 0.05) is 37.2 Å². The Morgan fingerprint density at radius 3 is 2.84 bits per heavy atom. The number of hydrazone groups is 1. The van der Waals surface area contributed by atoms with Gasteiger partial charge >= 0.3 is 0 Å². The van der Waals surface area contributed by atoms with Crippen molar-refractivity contribution in [3.8, 4) is 5.82 Å². The van der Waals surface area contributed by atoms with E-state index >= 15 is 0 Å². The molecule has 0 saturated carbocycles. The number of carbonyl (C=O) groups is 1. The topological polar surface area (TPSA) is 144 Å². The van der Waals surface area contributed by atoms with Gasteiger partial charge in [-0.2, -0.15) is 9.78 Å². The fourth-order valence-corrected chi connectivity index (χ4v) is 3.57. The molecule has 3 heterocycles. The first-order valence-corrected chi connectivity index (χ1v) is 10.3. The Bertz CT molecular complexity index is 1090. The van der Waals surface area contributed by atoms with E-state index in [1.54, 1.807) is 6.21 Å². The Labute approximate surface area is 186 Å². The Kier molecular flexibility index (Phi) is 6.34. The second-order valence-corrected chi connectivity index (χ2v) is 8.02. The first-order valence-electron chi connectivity index (χ1n) is 9.54. The molecule has 0 spiro atoms. The Balaban J connectivity index is 1.56. The molecule has 1 aliphatic rings. The molecule has 13 heteroatoms. The first-order chi connectivity index (χ1) is 15.0. The molecule has 0 radical (unpaired) electrons. The number of rotatable bonds is 6. The number of nitrogen functional groups attached to an aromatic ring is 1. The van der Waals surface area contributed by atoms with E-state index in [9.17, 15) is 4.79 Å². The minimum atomic E-state index is -0.489. The zero-order chi connectivity index (χ0) is 21.8. The maximum absolute atomic E-state index is 12.8. The lowest BCUT2D eigenvalue weighted by molar-refractivity contribution is 0.0946. The van der Waals surface area contributed by atoms with E-state index in [1.807, 2.05) is 24.3 Å². The van der Waals surface area contributed by atoms with Crippen LogP contribution >= 0.6 is 15.9 Å². The van der Waals surface area contributed by atoms with Crippen molar-refractivity contribution >= 4 is 33.9 Å². The van der Waals surface area contributed by atoms with Crippen LogP contribution in [0.2, 0.25) is 0 Å². The number of anilines is 1. The summed E-state index contributed by atoms with van der Waals surface area (Å²) in [7, 11) is 2.08. The monoisotopic (exact) mass is 488 g/mol. The van der Waals surface area contributed by atoms with Gasteiger partial charge in [-0.3, -0.25) is 9.69 Å². The second kappa shape index (κ2) is 9.32. The summed E-state index contributed by atoms with van der Waals surface area (Å²) in [5.41, 5.74) is 9.83. The normalized spacial score (nSPS) is 15.5. The lowest BCUT2D eigenvalue weighted by Crippen LogP contribution is -2.44. The summed E-state index contributed by atoms with van der Waals surface area (Å²) in [4.78, 5) is 17.3. The van der Waals surface area contributed by atoms with Gasteiger partial charge in [0.15, 0.2) is 5.69 Å². The molecule has 0 unspecified atom stereocenters. The summed E-state index contributed by atoms with van der Waals surface area (Å²) >= 11 is 3.40. The fourth-order valence-electron chi connectivity index (χ4n) is 3.15. The Morgan fingerprint density at radius 2 is 2.13 bits per heavy atom. The third-order valence-corrected chi connectivity index (χ3v) is 5.37. The molecule has 4 rings (SSSR count). The number of piperazine rings is 1. The molecule has 1 amide bonds. The van der Waals surface area contributed by atoms with Crippen LogP contribution in [0.15, 0.2) is 38.5 Å². The predicted octanol–water partition coefficient (Wildman–Crippen LogP) is 0.506. The van der Waals surface area contributed by atoms with E-state index in [1.165, 1.54) is 4.68 Å². The van der Waals surface area contributed by atoms with E-state index in [0.717, 1.165) is 36.2 Å². The summed E-state index contributed by atoms with van der Waals surface area (Å²) in [6.45, 7) is 3.97. The number of halogens is 1. The molecular weight excluding hydrogens is 468 g/mol. The zero-order valence-electron chi connectivity index (χ0n) is 16.8. The van der Waals surface area contributed by atoms with E-state index in [2.05, 4.69) is 63.9 Å². The lowest BCUT2D eigenvalue weighted by atomic mass is 10.2. The molecule has 31 heavy (non-hydrogen) atoms. The number of benzene rings is 1. The minimum absolute atomic E-state index is 0.0594. The third kappa shape index (κ3) is 4.95. The summed E-state index contributed by atoms with van der Waals surface area (Å²) in [6.07, 6.45) is 1.55. The van der Waals surface area contributed by atoms with Crippen LogP contribution in [0.4, 0.5) is 5.82 Å². The Morgan fingerprint density at radius 1 is 1.32 bits per heavy atom. The van der Waals surface area contributed by atoms with Crippen LogP contribution in [0, 0.1) is 0 Å². The molecule has 3 aromatic rings. The van der Waals surface area contributed by atoms with Gasteiger partial charge in [-0.1, -0.05) is 33.3 Å². The highest BCUT2D eigenvalue weighted by atomic mass is 79.9. The van der Waals surface area contributed by atoms with Crippen LogP contribution in [-0.4, -0.2) is 80.5 Å². The van der Waals surface area contributed by atoms with Gasteiger partial charge < -0.3 is 10.6 Å².